The molecule has 0 saturated carbocycles. The number of hydrogen-bond acceptors (Lipinski definition) is 5. The molecule has 0 aromatic carbocycles. The van der Waals surface area contributed by atoms with Gasteiger partial charge < -0.3 is 5.32 Å². The van der Waals surface area contributed by atoms with Crippen LogP contribution in [0.5, 0.6) is 0 Å². The summed E-state index contributed by atoms with van der Waals surface area (Å²) in [5.74, 6) is 0. The summed E-state index contributed by atoms with van der Waals surface area (Å²) in [7, 11) is -3.48. The largest absolute Gasteiger partial charge is 0.381 e. The van der Waals surface area contributed by atoms with E-state index in [9.17, 15) is 8.42 Å². The van der Waals surface area contributed by atoms with Gasteiger partial charge in [-0.3, -0.25) is 10.1 Å². The summed E-state index contributed by atoms with van der Waals surface area (Å²) in [5.41, 5.74) is 3.21. The Morgan fingerprint density at radius 3 is 2.50 bits per heavy atom. The van der Waals surface area contributed by atoms with Crippen LogP contribution in [0.15, 0.2) is 23.4 Å². The standard InChI is InChI=1S/C16H23N5O2S/c1-11-8-15(10-17-9-11)18-14-4-6-21(7-5-14)24(22,23)16-12(2)19-20-13(16)3/h8-10,14,18H,4-7H2,1-3H3,(H,19,20). The lowest BCUT2D eigenvalue weighted by Crippen LogP contribution is -2.42. The summed E-state index contributed by atoms with van der Waals surface area (Å²) in [4.78, 5) is 4.49. The molecule has 7 nitrogen and oxygen atoms in total. The second-order valence-electron chi connectivity index (χ2n) is 6.34. The Hall–Kier alpha value is -1.93. The van der Waals surface area contributed by atoms with Crippen molar-refractivity contribution in [3.05, 3.63) is 35.4 Å². The molecular formula is C16H23N5O2S. The van der Waals surface area contributed by atoms with Gasteiger partial charge in [-0.1, -0.05) is 0 Å². The molecule has 8 heteroatoms. The quantitative estimate of drug-likeness (QED) is 0.881. The SMILES string of the molecule is Cc1cncc(NC2CCN(S(=O)(=O)c3c(C)n[nH]c3C)CC2)c1. The van der Waals surface area contributed by atoms with Crippen molar-refractivity contribution in [2.75, 3.05) is 18.4 Å². The van der Waals surface area contributed by atoms with Gasteiger partial charge in [0.05, 0.1) is 17.1 Å². The van der Waals surface area contributed by atoms with Crippen molar-refractivity contribution in [2.45, 2.75) is 44.6 Å². The van der Waals surface area contributed by atoms with E-state index >= 15 is 0 Å². The van der Waals surface area contributed by atoms with E-state index in [0.717, 1.165) is 24.1 Å². The van der Waals surface area contributed by atoms with E-state index in [2.05, 4.69) is 20.5 Å². The van der Waals surface area contributed by atoms with Crippen molar-refractivity contribution < 1.29 is 8.42 Å². The van der Waals surface area contributed by atoms with E-state index < -0.39 is 10.0 Å². The number of aromatic nitrogens is 3. The molecular weight excluding hydrogens is 326 g/mol. The van der Waals surface area contributed by atoms with Crippen LogP contribution in [0.2, 0.25) is 0 Å². The third-order valence-electron chi connectivity index (χ3n) is 4.36. The Balaban J connectivity index is 1.67. The van der Waals surface area contributed by atoms with Gasteiger partial charge in [-0.2, -0.15) is 9.40 Å². The summed E-state index contributed by atoms with van der Waals surface area (Å²) in [6.07, 6.45) is 5.15. The molecule has 0 radical (unpaired) electrons. The van der Waals surface area contributed by atoms with Gasteiger partial charge in [-0.25, -0.2) is 8.42 Å². The highest BCUT2D eigenvalue weighted by atomic mass is 32.2. The predicted octanol–water partition coefficient (Wildman–Crippen LogP) is 2.00. The molecule has 130 valence electrons. The number of hydrogen-bond donors (Lipinski definition) is 2. The zero-order valence-electron chi connectivity index (χ0n) is 14.2. The van der Waals surface area contributed by atoms with Crippen LogP contribution in [0.4, 0.5) is 5.69 Å². The Morgan fingerprint density at radius 1 is 1.21 bits per heavy atom. The van der Waals surface area contributed by atoms with Crippen LogP contribution in [0, 0.1) is 20.8 Å². The second kappa shape index (κ2) is 6.52. The molecule has 24 heavy (non-hydrogen) atoms. The van der Waals surface area contributed by atoms with Crippen molar-refractivity contribution >= 4 is 15.7 Å². The fourth-order valence-corrected chi connectivity index (χ4v) is 4.96. The lowest BCUT2D eigenvalue weighted by Gasteiger charge is -2.32. The monoisotopic (exact) mass is 349 g/mol. The Labute approximate surface area is 142 Å². The summed E-state index contributed by atoms with van der Waals surface area (Å²) >= 11 is 0. The highest BCUT2D eigenvalue weighted by Gasteiger charge is 2.32. The normalized spacial score (nSPS) is 17.1. The maximum Gasteiger partial charge on any atom is 0.246 e. The number of piperidine rings is 1. The van der Waals surface area contributed by atoms with Crippen LogP contribution < -0.4 is 5.32 Å². The van der Waals surface area contributed by atoms with Crippen LogP contribution in [-0.4, -0.2) is 47.0 Å². The summed E-state index contributed by atoms with van der Waals surface area (Å²) in [6.45, 7) is 6.47. The van der Waals surface area contributed by atoms with Crippen LogP contribution >= 0.6 is 0 Å². The molecule has 2 aromatic rings. The Bertz CT molecular complexity index is 803. The van der Waals surface area contributed by atoms with E-state index in [4.69, 9.17) is 0 Å². The lowest BCUT2D eigenvalue weighted by molar-refractivity contribution is 0.329. The number of anilines is 1. The molecule has 0 aliphatic carbocycles. The molecule has 0 atom stereocenters. The van der Waals surface area contributed by atoms with E-state index in [1.54, 1.807) is 24.3 Å². The zero-order valence-corrected chi connectivity index (χ0v) is 15.0. The fraction of sp³-hybridized carbons (Fsp3) is 0.500. The molecule has 3 rings (SSSR count). The first kappa shape index (κ1) is 16.9. The van der Waals surface area contributed by atoms with Gasteiger partial charge in [0.15, 0.2) is 0 Å². The minimum Gasteiger partial charge on any atom is -0.381 e. The molecule has 2 aromatic heterocycles. The maximum absolute atomic E-state index is 12.8. The topological polar surface area (TPSA) is 91.0 Å². The van der Waals surface area contributed by atoms with Crippen LogP contribution in [-0.2, 0) is 10.0 Å². The molecule has 0 unspecified atom stereocenters. The van der Waals surface area contributed by atoms with E-state index in [1.165, 1.54) is 0 Å². The number of nitrogens with zero attached hydrogens (tertiary/aromatic N) is 3. The maximum atomic E-state index is 12.8. The van der Waals surface area contributed by atoms with Gasteiger partial charge in [0.2, 0.25) is 10.0 Å². The third kappa shape index (κ3) is 3.29. The number of rotatable bonds is 4. The van der Waals surface area contributed by atoms with E-state index in [1.807, 2.05) is 19.2 Å². The van der Waals surface area contributed by atoms with Gasteiger partial charge in [0.1, 0.15) is 4.90 Å². The third-order valence-corrected chi connectivity index (χ3v) is 6.52. The van der Waals surface area contributed by atoms with Crippen molar-refractivity contribution in [3.8, 4) is 0 Å². The first-order valence-electron chi connectivity index (χ1n) is 8.08. The molecule has 3 heterocycles. The number of sulfonamides is 1. The van der Waals surface area contributed by atoms with Crippen LogP contribution in [0.1, 0.15) is 29.8 Å². The van der Waals surface area contributed by atoms with E-state index in [0.29, 0.717) is 29.4 Å². The molecule has 2 N–H and O–H groups in total. The highest BCUT2D eigenvalue weighted by molar-refractivity contribution is 7.89. The molecule has 1 aliphatic rings. The lowest BCUT2D eigenvalue weighted by atomic mass is 10.1. The van der Waals surface area contributed by atoms with Crippen molar-refractivity contribution in [1.29, 1.82) is 0 Å². The zero-order chi connectivity index (χ0) is 17.3. The smallest absolute Gasteiger partial charge is 0.246 e. The molecule has 1 fully saturated rings. The average Bonchev–Trinajstić information content (AvgIpc) is 2.87. The van der Waals surface area contributed by atoms with Gasteiger partial charge in [0.25, 0.3) is 0 Å². The average molecular weight is 349 g/mol. The summed E-state index contributed by atoms with van der Waals surface area (Å²) < 4.78 is 27.2. The predicted molar refractivity (Wildman–Crippen MR) is 92.4 cm³/mol. The van der Waals surface area contributed by atoms with Crippen molar-refractivity contribution in [2.24, 2.45) is 0 Å². The molecule has 0 spiro atoms. The number of pyridine rings is 1. The van der Waals surface area contributed by atoms with Gasteiger partial charge in [-0.05, 0) is 45.2 Å². The summed E-state index contributed by atoms with van der Waals surface area (Å²) in [5, 5.41) is 10.2. The second-order valence-corrected chi connectivity index (χ2v) is 8.21. The van der Waals surface area contributed by atoms with Crippen molar-refractivity contribution in [1.82, 2.24) is 19.5 Å². The Kier molecular flexibility index (Phi) is 4.60. The summed E-state index contributed by atoms with van der Waals surface area (Å²) in [6, 6.07) is 2.31. The minimum atomic E-state index is -3.48. The molecule has 0 amide bonds. The molecule has 0 bridgehead atoms. The molecule has 1 saturated heterocycles. The first-order valence-corrected chi connectivity index (χ1v) is 9.52. The molecule has 1 aliphatic heterocycles. The fourth-order valence-electron chi connectivity index (χ4n) is 3.16. The minimum absolute atomic E-state index is 0.256. The number of H-pyrrole nitrogens is 1. The van der Waals surface area contributed by atoms with Gasteiger partial charge in [0, 0.05) is 31.5 Å². The number of aryl methyl sites for hydroxylation is 3. The van der Waals surface area contributed by atoms with Crippen LogP contribution in [0.25, 0.3) is 0 Å². The van der Waals surface area contributed by atoms with E-state index in [-0.39, 0.29) is 6.04 Å². The highest BCUT2D eigenvalue weighted by Crippen LogP contribution is 2.25. The number of aromatic amines is 1. The number of nitrogens with one attached hydrogen (secondary N) is 2. The van der Waals surface area contributed by atoms with Crippen LogP contribution in [0.3, 0.4) is 0 Å². The first-order chi connectivity index (χ1) is 11.4. The Morgan fingerprint density at radius 2 is 1.92 bits per heavy atom. The van der Waals surface area contributed by atoms with Gasteiger partial charge >= 0.3 is 0 Å². The van der Waals surface area contributed by atoms with Gasteiger partial charge in [-0.15, -0.1) is 0 Å². The van der Waals surface area contributed by atoms with Crippen molar-refractivity contribution in [3.63, 3.8) is 0 Å².